The number of likely N-dealkylation sites (tertiary alicyclic amines) is 1. The molecule has 1 saturated heterocycles. The molecule has 1 aliphatic rings. The molecule has 0 unspecified atom stereocenters. The van der Waals surface area contributed by atoms with E-state index in [0.29, 0.717) is 0 Å². The van der Waals surface area contributed by atoms with E-state index in [9.17, 15) is 9.70 Å². The quantitative estimate of drug-likeness (QED) is 0.418. The fourth-order valence-electron chi connectivity index (χ4n) is 1.15. The van der Waals surface area contributed by atoms with Crippen LogP contribution in [-0.2, 0) is 0 Å². The zero-order chi connectivity index (χ0) is 8.27. The van der Waals surface area contributed by atoms with E-state index < -0.39 is 0 Å². The smallest absolute Gasteiger partial charge is 0.323 e. The molecule has 0 radical (unpaired) electrons. The summed E-state index contributed by atoms with van der Waals surface area (Å²) in [7, 11) is 1.37. The third-order valence-corrected chi connectivity index (χ3v) is 1.78. The third kappa shape index (κ3) is 1.66. The standard InChI is InChI=1S/C6H11N3O2/c1-8(7-11)6(10)9-4-2-3-5-9/h2-5H2,1H3. The number of amides is 2. The van der Waals surface area contributed by atoms with Crippen molar-refractivity contribution in [2.45, 2.75) is 12.8 Å². The number of urea groups is 1. The second kappa shape index (κ2) is 3.32. The molecule has 62 valence electrons. The largest absolute Gasteiger partial charge is 0.342 e. The molecule has 1 heterocycles. The van der Waals surface area contributed by atoms with Crippen molar-refractivity contribution in [2.24, 2.45) is 5.29 Å². The third-order valence-electron chi connectivity index (χ3n) is 1.78. The summed E-state index contributed by atoms with van der Waals surface area (Å²) < 4.78 is 0. The van der Waals surface area contributed by atoms with Crippen molar-refractivity contribution in [3.63, 3.8) is 0 Å². The summed E-state index contributed by atoms with van der Waals surface area (Å²) in [6.45, 7) is 1.50. The van der Waals surface area contributed by atoms with Gasteiger partial charge in [0.15, 0.2) is 0 Å². The normalized spacial score (nSPS) is 16.6. The number of rotatable bonds is 1. The molecule has 0 aromatic heterocycles. The first-order chi connectivity index (χ1) is 5.25. The average Bonchev–Trinajstić information content (AvgIpc) is 2.53. The SMILES string of the molecule is CN(N=O)C(=O)N1CCCC1. The number of nitroso groups, excluding NO2 is 1. The highest BCUT2D eigenvalue weighted by atomic mass is 16.3. The Morgan fingerprint density at radius 1 is 1.45 bits per heavy atom. The fourth-order valence-corrected chi connectivity index (χ4v) is 1.15. The molecular weight excluding hydrogens is 146 g/mol. The Morgan fingerprint density at radius 2 is 2.00 bits per heavy atom. The van der Waals surface area contributed by atoms with E-state index in [1.807, 2.05) is 0 Å². The predicted octanol–water partition coefficient (Wildman–Crippen LogP) is 0.815. The van der Waals surface area contributed by atoms with Gasteiger partial charge in [0.1, 0.15) is 0 Å². The minimum atomic E-state index is -0.294. The average molecular weight is 157 g/mol. The Balaban J connectivity index is 2.45. The number of carbonyl (C=O) groups is 1. The zero-order valence-electron chi connectivity index (χ0n) is 6.49. The molecule has 1 fully saturated rings. The first kappa shape index (κ1) is 7.97. The van der Waals surface area contributed by atoms with E-state index in [2.05, 4.69) is 5.29 Å². The minimum absolute atomic E-state index is 0.294. The van der Waals surface area contributed by atoms with E-state index in [1.165, 1.54) is 7.05 Å². The summed E-state index contributed by atoms with van der Waals surface area (Å²) in [5, 5.41) is 3.35. The number of carbonyl (C=O) groups excluding carboxylic acids is 1. The molecule has 11 heavy (non-hydrogen) atoms. The summed E-state index contributed by atoms with van der Waals surface area (Å²) in [4.78, 5) is 22.7. The van der Waals surface area contributed by atoms with Crippen LogP contribution in [0.15, 0.2) is 5.29 Å². The molecule has 2 amide bonds. The van der Waals surface area contributed by atoms with Gasteiger partial charge in [-0.1, -0.05) is 0 Å². The van der Waals surface area contributed by atoms with Gasteiger partial charge >= 0.3 is 6.03 Å². The highest BCUT2D eigenvalue weighted by Gasteiger charge is 2.21. The molecule has 1 aliphatic heterocycles. The second-order valence-electron chi connectivity index (χ2n) is 2.58. The summed E-state index contributed by atoms with van der Waals surface area (Å²) in [6, 6.07) is -0.294. The lowest BCUT2D eigenvalue weighted by molar-refractivity contribution is 0.174. The highest BCUT2D eigenvalue weighted by molar-refractivity contribution is 5.73. The van der Waals surface area contributed by atoms with Gasteiger partial charge in [0.2, 0.25) is 0 Å². The molecule has 0 aromatic carbocycles. The van der Waals surface area contributed by atoms with Gasteiger partial charge in [0.05, 0.1) is 5.29 Å². The van der Waals surface area contributed by atoms with Crippen LogP contribution >= 0.6 is 0 Å². The van der Waals surface area contributed by atoms with Gasteiger partial charge in [-0.3, -0.25) is 0 Å². The highest BCUT2D eigenvalue weighted by Crippen LogP contribution is 2.09. The Kier molecular flexibility index (Phi) is 2.40. The predicted molar refractivity (Wildman–Crippen MR) is 39.8 cm³/mol. The Morgan fingerprint density at radius 3 is 2.45 bits per heavy atom. The zero-order valence-corrected chi connectivity index (χ0v) is 6.49. The van der Waals surface area contributed by atoms with Crippen LogP contribution < -0.4 is 0 Å². The lowest BCUT2D eigenvalue weighted by Gasteiger charge is -2.17. The number of hydrogen-bond donors (Lipinski definition) is 0. The summed E-state index contributed by atoms with van der Waals surface area (Å²) >= 11 is 0. The maximum atomic E-state index is 11.1. The van der Waals surface area contributed by atoms with Crippen LogP contribution in [0, 0.1) is 4.91 Å². The summed E-state index contributed by atoms with van der Waals surface area (Å²) in [5.41, 5.74) is 0. The Labute approximate surface area is 64.9 Å². The van der Waals surface area contributed by atoms with Crippen molar-refractivity contribution >= 4 is 6.03 Å². The van der Waals surface area contributed by atoms with Crippen LogP contribution in [0.3, 0.4) is 0 Å². The molecule has 0 aliphatic carbocycles. The molecule has 5 heteroatoms. The second-order valence-corrected chi connectivity index (χ2v) is 2.58. The Hall–Kier alpha value is -1.13. The molecule has 0 atom stereocenters. The van der Waals surface area contributed by atoms with Gasteiger partial charge in [0.25, 0.3) is 0 Å². The minimum Gasteiger partial charge on any atom is -0.323 e. The van der Waals surface area contributed by atoms with Crippen molar-refractivity contribution in [3.8, 4) is 0 Å². The van der Waals surface area contributed by atoms with Crippen LogP contribution in [0.2, 0.25) is 0 Å². The molecular formula is C6H11N3O2. The lowest BCUT2D eigenvalue weighted by Crippen LogP contribution is -2.36. The van der Waals surface area contributed by atoms with Crippen LogP contribution in [0.4, 0.5) is 4.79 Å². The summed E-state index contributed by atoms with van der Waals surface area (Å²) in [5.74, 6) is 0. The van der Waals surface area contributed by atoms with E-state index in [4.69, 9.17) is 0 Å². The topological polar surface area (TPSA) is 53.0 Å². The maximum absolute atomic E-state index is 11.1. The maximum Gasteiger partial charge on any atom is 0.342 e. The van der Waals surface area contributed by atoms with Crippen molar-refractivity contribution in [3.05, 3.63) is 4.91 Å². The molecule has 0 N–H and O–H groups in total. The van der Waals surface area contributed by atoms with Crippen LogP contribution in [-0.4, -0.2) is 36.1 Å². The van der Waals surface area contributed by atoms with Gasteiger partial charge in [-0.15, -0.1) is 4.91 Å². The first-order valence-electron chi connectivity index (χ1n) is 3.61. The van der Waals surface area contributed by atoms with Crippen molar-refractivity contribution in [2.75, 3.05) is 20.1 Å². The molecule has 0 saturated carbocycles. The van der Waals surface area contributed by atoms with Crippen molar-refractivity contribution < 1.29 is 4.79 Å². The monoisotopic (exact) mass is 157 g/mol. The molecule has 0 bridgehead atoms. The van der Waals surface area contributed by atoms with E-state index >= 15 is 0 Å². The number of hydrogen-bond acceptors (Lipinski definition) is 3. The van der Waals surface area contributed by atoms with Gasteiger partial charge in [-0.25, -0.2) is 4.79 Å². The first-order valence-corrected chi connectivity index (χ1v) is 3.61. The Bertz CT molecular complexity index is 165. The van der Waals surface area contributed by atoms with E-state index in [1.54, 1.807) is 4.90 Å². The van der Waals surface area contributed by atoms with Crippen molar-refractivity contribution in [1.82, 2.24) is 9.91 Å². The van der Waals surface area contributed by atoms with Crippen LogP contribution in [0.5, 0.6) is 0 Å². The molecule has 5 nitrogen and oxygen atoms in total. The van der Waals surface area contributed by atoms with Gasteiger partial charge in [-0.2, -0.15) is 5.01 Å². The fraction of sp³-hybridized carbons (Fsp3) is 0.833. The summed E-state index contributed by atoms with van der Waals surface area (Å²) in [6.07, 6.45) is 2.05. The van der Waals surface area contributed by atoms with Crippen LogP contribution in [0.1, 0.15) is 12.8 Å². The van der Waals surface area contributed by atoms with Crippen molar-refractivity contribution in [1.29, 1.82) is 0 Å². The lowest BCUT2D eigenvalue weighted by atomic mass is 10.4. The van der Waals surface area contributed by atoms with E-state index in [-0.39, 0.29) is 6.03 Å². The van der Waals surface area contributed by atoms with Crippen LogP contribution in [0.25, 0.3) is 0 Å². The van der Waals surface area contributed by atoms with Gasteiger partial charge in [-0.05, 0) is 12.8 Å². The molecule has 0 aromatic rings. The van der Waals surface area contributed by atoms with Gasteiger partial charge < -0.3 is 4.90 Å². The van der Waals surface area contributed by atoms with E-state index in [0.717, 1.165) is 30.9 Å². The van der Waals surface area contributed by atoms with Gasteiger partial charge in [0, 0.05) is 20.1 Å². The molecule has 0 spiro atoms. The number of nitrogens with zero attached hydrogens (tertiary/aromatic N) is 3. The molecule has 1 rings (SSSR count).